The SMILES string of the molecule is Bn1nc2c(F)cc(-c3nc(Nc4ccc(CN5CCN(CC)CC5)cn4)ncc3F)cc2c1C1CC1. The van der Waals surface area contributed by atoms with E-state index in [4.69, 9.17) is 0 Å². The molecule has 1 saturated carbocycles. The number of hydrogen-bond acceptors (Lipinski definition) is 7. The predicted molar refractivity (Wildman–Crippen MR) is 142 cm³/mol. The molecule has 37 heavy (non-hydrogen) atoms. The van der Waals surface area contributed by atoms with E-state index in [0.29, 0.717) is 28.2 Å². The zero-order valence-electron chi connectivity index (χ0n) is 21.1. The summed E-state index contributed by atoms with van der Waals surface area (Å²) in [4.78, 5) is 17.8. The molecule has 0 amide bonds. The Balaban J connectivity index is 1.21. The molecule has 1 aliphatic carbocycles. The van der Waals surface area contributed by atoms with Crippen LogP contribution in [0.4, 0.5) is 20.5 Å². The molecule has 2 fully saturated rings. The van der Waals surface area contributed by atoms with E-state index in [0.717, 1.165) is 69.6 Å². The summed E-state index contributed by atoms with van der Waals surface area (Å²) in [6, 6.07) is 6.96. The number of nitrogens with zero attached hydrogens (tertiary/aromatic N) is 7. The Morgan fingerprint density at radius 1 is 1.00 bits per heavy atom. The van der Waals surface area contributed by atoms with Crippen molar-refractivity contribution >= 4 is 30.7 Å². The quantitative estimate of drug-likeness (QED) is 0.389. The fourth-order valence-electron chi connectivity index (χ4n) is 5.11. The van der Waals surface area contributed by atoms with Crippen LogP contribution >= 0.6 is 0 Å². The van der Waals surface area contributed by atoms with Gasteiger partial charge in [-0.25, -0.2) is 23.7 Å². The van der Waals surface area contributed by atoms with Crippen molar-refractivity contribution in [3.05, 3.63) is 59.6 Å². The van der Waals surface area contributed by atoms with Crippen molar-refractivity contribution in [2.75, 3.05) is 38.0 Å². The summed E-state index contributed by atoms with van der Waals surface area (Å²) in [6.45, 7) is 8.42. The minimum Gasteiger partial charge on any atom is -0.322 e. The maximum Gasteiger partial charge on any atom is 0.249 e. The zero-order valence-corrected chi connectivity index (χ0v) is 21.1. The summed E-state index contributed by atoms with van der Waals surface area (Å²) < 4.78 is 31.5. The van der Waals surface area contributed by atoms with E-state index in [-0.39, 0.29) is 11.6 Å². The summed E-state index contributed by atoms with van der Waals surface area (Å²) in [5, 5.41) is 8.10. The van der Waals surface area contributed by atoms with Crippen LogP contribution in [-0.4, -0.2) is 75.1 Å². The highest BCUT2D eigenvalue weighted by atomic mass is 19.1. The number of piperazine rings is 1. The predicted octanol–water partition coefficient (Wildman–Crippen LogP) is 3.32. The van der Waals surface area contributed by atoms with Crippen LogP contribution < -0.4 is 5.32 Å². The number of hydrogen-bond donors (Lipinski definition) is 1. The van der Waals surface area contributed by atoms with Crippen LogP contribution in [-0.2, 0) is 6.54 Å². The number of fused-ring (bicyclic) bond motifs is 1. The number of likely N-dealkylation sites (N-methyl/N-ethyl adjacent to an activating group) is 1. The van der Waals surface area contributed by atoms with Gasteiger partial charge in [0.25, 0.3) is 0 Å². The van der Waals surface area contributed by atoms with Crippen LogP contribution in [0.25, 0.3) is 22.2 Å². The lowest BCUT2D eigenvalue weighted by Gasteiger charge is -2.33. The third-order valence-electron chi connectivity index (χ3n) is 7.30. The van der Waals surface area contributed by atoms with Crippen molar-refractivity contribution in [2.45, 2.75) is 32.2 Å². The molecule has 0 unspecified atom stereocenters. The van der Waals surface area contributed by atoms with Crippen LogP contribution in [0.3, 0.4) is 0 Å². The lowest BCUT2D eigenvalue weighted by atomic mass is 10.0. The van der Waals surface area contributed by atoms with Crippen LogP contribution in [0.2, 0.25) is 0 Å². The van der Waals surface area contributed by atoms with Crippen LogP contribution in [0, 0.1) is 11.6 Å². The first kappa shape index (κ1) is 23.9. The number of halogens is 2. The summed E-state index contributed by atoms with van der Waals surface area (Å²) in [6.07, 6.45) is 5.04. The molecule has 0 atom stereocenters. The van der Waals surface area contributed by atoms with Gasteiger partial charge in [-0.15, -0.1) is 0 Å². The first-order valence-corrected chi connectivity index (χ1v) is 12.8. The summed E-state index contributed by atoms with van der Waals surface area (Å²) in [7, 11) is 1.82. The minimum absolute atomic E-state index is 0.0340. The molecule has 0 spiro atoms. The molecular weight excluding hydrogens is 473 g/mol. The first-order chi connectivity index (χ1) is 18.0. The topological polar surface area (TPSA) is 75.0 Å². The van der Waals surface area contributed by atoms with Gasteiger partial charge in [0, 0.05) is 61.5 Å². The van der Waals surface area contributed by atoms with Gasteiger partial charge >= 0.3 is 0 Å². The van der Waals surface area contributed by atoms with Gasteiger partial charge in [-0.3, -0.25) is 4.90 Å². The van der Waals surface area contributed by atoms with Crippen molar-refractivity contribution in [3.8, 4) is 11.3 Å². The van der Waals surface area contributed by atoms with Crippen LogP contribution in [0.1, 0.15) is 36.9 Å². The average Bonchev–Trinajstić information content (AvgIpc) is 3.68. The fourth-order valence-corrected chi connectivity index (χ4v) is 5.11. The molecule has 1 aromatic carbocycles. The van der Waals surface area contributed by atoms with Crippen molar-refractivity contribution in [1.29, 1.82) is 0 Å². The summed E-state index contributed by atoms with van der Waals surface area (Å²) in [5.74, 6) is 0.0131. The molecule has 4 aromatic rings. The molecule has 3 aromatic heterocycles. The smallest absolute Gasteiger partial charge is 0.249 e. The number of anilines is 2. The summed E-state index contributed by atoms with van der Waals surface area (Å²) in [5.41, 5.74) is 2.81. The molecular formula is C26H29BF2N8. The van der Waals surface area contributed by atoms with Gasteiger partial charge in [0.1, 0.15) is 17.0 Å². The highest BCUT2D eigenvalue weighted by Crippen LogP contribution is 2.44. The molecule has 8 nitrogen and oxygen atoms in total. The van der Waals surface area contributed by atoms with Crippen molar-refractivity contribution in [2.24, 2.45) is 0 Å². The van der Waals surface area contributed by atoms with E-state index >= 15 is 0 Å². The third-order valence-corrected chi connectivity index (χ3v) is 7.30. The largest absolute Gasteiger partial charge is 0.322 e. The average molecular weight is 502 g/mol. The van der Waals surface area contributed by atoms with Gasteiger partial charge in [0.2, 0.25) is 13.9 Å². The molecule has 4 heterocycles. The van der Waals surface area contributed by atoms with E-state index in [9.17, 15) is 8.78 Å². The molecule has 0 radical (unpaired) electrons. The van der Waals surface area contributed by atoms with E-state index < -0.39 is 11.6 Å². The Bertz CT molecular complexity index is 1430. The molecule has 0 bridgehead atoms. The molecule has 1 N–H and O–H groups in total. The molecule has 6 rings (SSSR count). The van der Waals surface area contributed by atoms with Gasteiger partial charge in [0.05, 0.1) is 6.20 Å². The number of benzene rings is 1. The maximum absolute atomic E-state index is 15.0. The van der Waals surface area contributed by atoms with Crippen LogP contribution in [0.5, 0.6) is 0 Å². The Kier molecular flexibility index (Phi) is 6.33. The number of nitrogens with one attached hydrogen (secondary N) is 1. The second kappa shape index (κ2) is 9.79. The van der Waals surface area contributed by atoms with E-state index in [1.54, 1.807) is 10.7 Å². The molecule has 1 aliphatic heterocycles. The molecule has 190 valence electrons. The van der Waals surface area contributed by atoms with E-state index in [1.165, 1.54) is 6.07 Å². The van der Waals surface area contributed by atoms with Gasteiger partial charge in [-0.2, -0.15) is 5.10 Å². The third kappa shape index (κ3) is 4.93. The monoisotopic (exact) mass is 502 g/mol. The lowest BCUT2D eigenvalue weighted by molar-refractivity contribution is 0.132. The highest BCUT2D eigenvalue weighted by Gasteiger charge is 2.30. The van der Waals surface area contributed by atoms with Crippen molar-refractivity contribution in [3.63, 3.8) is 0 Å². The standard InChI is InChI=1S/C26H29BF2N8/c1-2-35-7-9-36(10-8-35)15-16-3-6-22(30-13-16)32-26-31-14-21(29)23(33-26)18-11-19-24(20(28)12-18)34-37(27)25(19)17-4-5-17/h3,6,11-14,17H,2,4-5,7-10,15,27H2,1H3,(H,30,31,32,33). The maximum atomic E-state index is 15.0. The summed E-state index contributed by atoms with van der Waals surface area (Å²) >= 11 is 0. The first-order valence-electron chi connectivity index (χ1n) is 12.8. The van der Waals surface area contributed by atoms with E-state index in [1.807, 2.05) is 26.3 Å². The van der Waals surface area contributed by atoms with Gasteiger partial charge in [-0.05, 0) is 43.1 Å². The highest BCUT2D eigenvalue weighted by molar-refractivity contribution is 6.08. The van der Waals surface area contributed by atoms with Gasteiger partial charge in [0.15, 0.2) is 11.6 Å². The number of pyridine rings is 1. The lowest BCUT2D eigenvalue weighted by Crippen LogP contribution is -2.45. The van der Waals surface area contributed by atoms with Gasteiger partial charge < -0.3 is 14.8 Å². The minimum atomic E-state index is -0.618. The molecule has 1 saturated heterocycles. The number of aromatic nitrogens is 5. The second-order valence-corrected chi connectivity index (χ2v) is 9.91. The second-order valence-electron chi connectivity index (χ2n) is 9.91. The van der Waals surface area contributed by atoms with Gasteiger partial charge in [-0.1, -0.05) is 13.0 Å². The Morgan fingerprint density at radius 3 is 2.49 bits per heavy atom. The van der Waals surface area contributed by atoms with Crippen molar-refractivity contribution < 1.29 is 8.78 Å². The van der Waals surface area contributed by atoms with Crippen LogP contribution in [0.15, 0.2) is 36.7 Å². The normalized spacial score (nSPS) is 16.9. The Morgan fingerprint density at radius 2 is 1.78 bits per heavy atom. The van der Waals surface area contributed by atoms with E-state index in [2.05, 4.69) is 42.1 Å². The fraction of sp³-hybridized carbons (Fsp3) is 0.385. The zero-order chi connectivity index (χ0) is 25.5. The molecule has 2 aliphatic rings. The Hall–Kier alpha value is -3.44. The van der Waals surface area contributed by atoms with Crippen molar-refractivity contribution in [1.82, 2.24) is 34.4 Å². The Labute approximate surface area is 215 Å². The molecule has 11 heteroatoms. The number of rotatable bonds is 7.